The fourth-order valence-electron chi connectivity index (χ4n) is 1.25. The molecular formula is C9H13N5OS. The molecule has 0 aliphatic carbocycles. The van der Waals surface area contributed by atoms with Crippen LogP contribution in [0.15, 0.2) is 6.20 Å². The first kappa shape index (κ1) is 10.7. The fourth-order valence-corrected chi connectivity index (χ4v) is 2.17. The lowest BCUT2D eigenvalue weighted by atomic mass is 10.4. The zero-order valence-corrected chi connectivity index (χ0v) is 10.1. The van der Waals surface area contributed by atoms with Gasteiger partial charge in [0.2, 0.25) is 5.88 Å². The van der Waals surface area contributed by atoms with E-state index in [4.69, 9.17) is 10.5 Å². The number of nitrogens with zero attached hydrogens (tertiary/aromatic N) is 3. The molecule has 3 N–H and O–H groups in total. The summed E-state index contributed by atoms with van der Waals surface area (Å²) in [7, 11) is 5.46. The van der Waals surface area contributed by atoms with Gasteiger partial charge >= 0.3 is 0 Å². The van der Waals surface area contributed by atoms with Crippen molar-refractivity contribution >= 4 is 22.4 Å². The highest BCUT2D eigenvalue weighted by atomic mass is 32.1. The van der Waals surface area contributed by atoms with Crippen molar-refractivity contribution < 1.29 is 4.74 Å². The van der Waals surface area contributed by atoms with Crippen molar-refractivity contribution in [3.63, 3.8) is 0 Å². The maximum Gasteiger partial charge on any atom is 0.235 e. The summed E-state index contributed by atoms with van der Waals surface area (Å²) in [6.07, 6.45) is 1.67. The molecule has 0 unspecified atom stereocenters. The number of aromatic nitrogens is 3. The Bertz CT molecular complexity index is 490. The molecule has 0 aromatic carbocycles. The molecule has 0 atom stereocenters. The topological polar surface area (TPSA) is 80.1 Å². The summed E-state index contributed by atoms with van der Waals surface area (Å²) in [5, 5.41) is 0.875. The molecule has 0 saturated heterocycles. The highest BCUT2D eigenvalue weighted by Crippen LogP contribution is 2.38. The Morgan fingerprint density at radius 3 is 2.75 bits per heavy atom. The molecule has 6 nitrogen and oxygen atoms in total. The van der Waals surface area contributed by atoms with Crippen molar-refractivity contribution in [3.05, 3.63) is 6.20 Å². The lowest BCUT2D eigenvalue weighted by Crippen LogP contribution is -2.07. The SMILES string of the molecule is COc1nc(N(C)C)sc1-c1cnc(N)[nH]1. The molecule has 2 heterocycles. The second-order valence-electron chi connectivity index (χ2n) is 3.41. The van der Waals surface area contributed by atoms with Crippen LogP contribution in [-0.2, 0) is 0 Å². The number of nitrogen functional groups attached to an aromatic ring is 1. The van der Waals surface area contributed by atoms with E-state index in [1.165, 1.54) is 11.3 Å². The molecule has 0 saturated carbocycles. The molecule has 86 valence electrons. The van der Waals surface area contributed by atoms with Crippen LogP contribution in [-0.4, -0.2) is 36.2 Å². The Kier molecular flexibility index (Phi) is 2.69. The van der Waals surface area contributed by atoms with Crippen LogP contribution >= 0.6 is 11.3 Å². The van der Waals surface area contributed by atoms with Gasteiger partial charge in [0.1, 0.15) is 4.88 Å². The van der Waals surface area contributed by atoms with Gasteiger partial charge in [-0.05, 0) is 0 Å². The van der Waals surface area contributed by atoms with Gasteiger partial charge in [-0.3, -0.25) is 0 Å². The summed E-state index contributed by atoms with van der Waals surface area (Å²) < 4.78 is 5.22. The van der Waals surface area contributed by atoms with Crippen molar-refractivity contribution in [2.75, 3.05) is 31.8 Å². The van der Waals surface area contributed by atoms with E-state index in [0.717, 1.165) is 15.7 Å². The summed E-state index contributed by atoms with van der Waals surface area (Å²) in [6, 6.07) is 0. The van der Waals surface area contributed by atoms with Crippen molar-refractivity contribution in [2.45, 2.75) is 0 Å². The van der Waals surface area contributed by atoms with Gasteiger partial charge in [-0.25, -0.2) is 4.98 Å². The Hall–Kier alpha value is -1.76. The number of thiazole rings is 1. The second kappa shape index (κ2) is 4.01. The number of methoxy groups -OCH3 is 1. The number of aromatic amines is 1. The molecular weight excluding hydrogens is 226 g/mol. The number of anilines is 2. The van der Waals surface area contributed by atoms with E-state index in [0.29, 0.717) is 11.8 Å². The normalized spacial score (nSPS) is 10.4. The van der Waals surface area contributed by atoms with E-state index >= 15 is 0 Å². The molecule has 2 aromatic heterocycles. The predicted molar refractivity (Wildman–Crippen MR) is 65.0 cm³/mol. The average molecular weight is 239 g/mol. The zero-order valence-electron chi connectivity index (χ0n) is 9.31. The number of imidazole rings is 1. The summed E-state index contributed by atoms with van der Waals surface area (Å²) in [5.41, 5.74) is 6.36. The molecule has 0 spiro atoms. The molecule has 2 aromatic rings. The average Bonchev–Trinajstić information content (AvgIpc) is 2.82. The van der Waals surface area contributed by atoms with Gasteiger partial charge in [-0.15, -0.1) is 0 Å². The second-order valence-corrected chi connectivity index (χ2v) is 4.39. The number of H-pyrrole nitrogens is 1. The number of rotatable bonds is 3. The Morgan fingerprint density at radius 2 is 2.25 bits per heavy atom. The van der Waals surface area contributed by atoms with Crippen LogP contribution < -0.4 is 15.4 Å². The molecule has 0 aliphatic heterocycles. The first-order chi connectivity index (χ1) is 7.61. The van der Waals surface area contributed by atoms with Gasteiger partial charge in [0, 0.05) is 14.1 Å². The third-order valence-electron chi connectivity index (χ3n) is 2.00. The maximum atomic E-state index is 5.54. The van der Waals surface area contributed by atoms with Crippen molar-refractivity contribution in [1.29, 1.82) is 0 Å². The Labute approximate surface area is 97.1 Å². The summed E-state index contributed by atoms with van der Waals surface area (Å²) in [6.45, 7) is 0. The molecule has 7 heteroatoms. The Morgan fingerprint density at radius 1 is 1.50 bits per heavy atom. The standard InChI is InChI=1S/C9H13N5OS/c1-14(2)9-13-7(15-3)6(16-9)5-4-11-8(10)12-5/h4H,1-3H3,(H3,10,11,12). The molecule has 0 fully saturated rings. The van der Waals surface area contributed by atoms with Gasteiger partial charge < -0.3 is 20.4 Å². The van der Waals surface area contributed by atoms with Crippen molar-refractivity contribution in [3.8, 4) is 16.5 Å². The van der Waals surface area contributed by atoms with Crippen LogP contribution in [0, 0.1) is 0 Å². The van der Waals surface area contributed by atoms with Crippen LogP contribution in [0.1, 0.15) is 0 Å². The summed E-state index contributed by atoms with van der Waals surface area (Å²) in [5.74, 6) is 0.967. The number of hydrogen-bond donors (Lipinski definition) is 2. The third kappa shape index (κ3) is 1.81. The lowest BCUT2D eigenvalue weighted by molar-refractivity contribution is 0.402. The van der Waals surface area contributed by atoms with Gasteiger partial charge in [0.05, 0.1) is 19.0 Å². The largest absolute Gasteiger partial charge is 0.480 e. The van der Waals surface area contributed by atoms with Crippen LogP contribution in [0.2, 0.25) is 0 Å². The van der Waals surface area contributed by atoms with E-state index in [1.807, 2.05) is 19.0 Å². The van der Waals surface area contributed by atoms with Crippen LogP contribution in [0.3, 0.4) is 0 Å². The predicted octanol–water partition coefficient (Wildman–Crippen LogP) is 1.19. The Balaban J connectivity index is 2.47. The molecule has 0 amide bonds. The minimum Gasteiger partial charge on any atom is -0.480 e. The van der Waals surface area contributed by atoms with Crippen LogP contribution in [0.5, 0.6) is 5.88 Å². The number of hydrogen-bond acceptors (Lipinski definition) is 6. The zero-order chi connectivity index (χ0) is 11.7. The van der Waals surface area contributed by atoms with Gasteiger partial charge in [-0.1, -0.05) is 11.3 Å². The van der Waals surface area contributed by atoms with E-state index in [1.54, 1.807) is 13.3 Å². The maximum absolute atomic E-state index is 5.54. The van der Waals surface area contributed by atoms with Gasteiger partial charge in [0.15, 0.2) is 11.1 Å². The smallest absolute Gasteiger partial charge is 0.235 e. The van der Waals surface area contributed by atoms with Crippen LogP contribution in [0.4, 0.5) is 11.1 Å². The van der Waals surface area contributed by atoms with Crippen molar-refractivity contribution in [2.24, 2.45) is 0 Å². The van der Waals surface area contributed by atoms with Gasteiger partial charge in [-0.2, -0.15) is 4.98 Å². The minimum atomic E-state index is 0.386. The number of nitrogens with one attached hydrogen (secondary N) is 1. The summed E-state index contributed by atoms with van der Waals surface area (Å²) in [4.78, 5) is 14.1. The van der Waals surface area contributed by atoms with Gasteiger partial charge in [0.25, 0.3) is 0 Å². The van der Waals surface area contributed by atoms with Crippen molar-refractivity contribution in [1.82, 2.24) is 15.0 Å². The molecule has 0 aliphatic rings. The number of ether oxygens (including phenoxy) is 1. The third-order valence-corrected chi connectivity index (χ3v) is 3.24. The highest BCUT2D eigenvalue weighted by Gasteiger charge is 2.16. The van der Waals surface area contributed by atoms with E-state index < -0.39 is 0 Å². The van der Waals surface area contributed by atoms with E-state index in [9.17, 15) is 0 Å². The minimum absolute atomic E-state index is 0.386. The van der Waals surface area contributed by atoms with E-state index in [2.05, 4.69) is 15.0 Å². The quantitative estimate of drug-likeness (QED) is 0.841. The first-order valence-electron chi connectivity index (χ1n) is 4.65. The first-order valence-corrected chi connectivity index (χ1v) is 5.46. The molecule has 0 radical (unpaired) electrons. The monoisotopic (exact) mass is 239 g/mol. The highest BCUT2D eigenvalue weighted by molar-refractivity contribution is 7.19. The lowest BCUT2D eigenvalue weighted by Gasteiger charge is -2.04. The van der Waals surface area contributed by atoms with E-state index in [-0.39, 0.29) is 0 Å². The molecule has 16 heavy (non-hydrogen) atoms. The van der Waals surface area contributed by atoms with Crippen LogP contribution in [0.25, 0.3) is 10.6 Å². The fraction of sp³-hybridized carbons (Fsp3) is 0.333. The number of nitrogens with two attached hydrogens (primary N) is 1. The molecule has 2 rings (SSSR count). The molecule has 0 bridgehead atoms. The summed E-state index contributed by atoms with van der Waals surface area (Å²) >= 11 is 1.52.